The summed E-state index contributed by atoms with van der Waals surface area (Å²) in [6.45, 7) is 0. The van der Waals surface area contributed by atoms with Crippen molar-refractivity contribution in [3.05, 3.63) is 34.1 Å². The molecule has 3 heteroatoms. The molecule has 3 unspecified atom stereocenters. The van der Waals surface area contributed by atoms with Gasteiger partial charge in [-0.3, -0.25) is 0 Å². The Morgan fingerprint density at radius 2 is 2.24 bits per heavy atom. The number of fused-ring (bicyclic) bond motifs is 2. The zero-order chi connectivity index (χ0) is 12.0. The van der Waals surface area contributed by atoms with Gasteiger partial charge in [0.15, 0.2) is 0 Å². The van der Waals surface area contributed by atoms with Gasteiger partial charge in [-0.15, -0.1) is 0 Å². The van der Waals surface area contributed by atoms with E-state index in [1.165, 1.54) is 12.5 Å². The maximum absolute atomic E-state index is 13.4. The van der Waals surface area contributed by atoms with Crippen molar-refractivity contribution in [2.24, 2.45) is 11.8 Å². The summed E-state index contributed by atoms with van der Waals surface area (Å²) < 4.78 is 13.9. The van der Waals surface area contributed by atoms with Crippen LogP contribution in [0.3, 0.4) is 0 Å². The normalized spacial score (nSPS) is 35.5. The highest BCUT2D eigenvalue weighted by Crippen LogP contribution is 2.52. The molecule has 1 nitrogen and oxygen atoms in total. The highest BCUT2D eigenvalue weighted by atomic mass is 79.9. The number of aliphatic hydroxyl groups is 1. The summed E-state index contributed by atoms with van der Waals surface area (Å²) in [6, 6.07) is 5.06. The van der Waals surface area contributed by atoms with Crippen molar-refractivity contribution >= 4 is 15.9 Å². The van der Waals surface area contributed by atoms with Gasteiger partial charge in [-0.1, -0.05) is 12.1 Å². The molecule has 2 bridgehead atoms. The number of benzene rings is 1. The molecule has 1 N–H and O–H groups in total. The Bertz CT molecular complexity index is 448. The molecule has 0 aromatic heterocycles. The lowest BCUT2D eigenvalue weighted by atomic mass is 9.80. The Labute approximate surface area is 109 Å². The summed E-state index contributed by atoms with van der Waals surface area (Å²) >= 11 is 3.28. The summed E-state index contributed by atoms with van der Waals surface area (Å²) in [6.07, 6.45) is 5.02. The molecule has 1 aromatic carbocycles. The Balaban J connectivity index is 1.85. The fourth-order valence-electron chi connectivity index (χ4n) is 3.65. The first-order chi connectivity index (χ1) is 8.08. The highest BCUT2D eigenvalue weighted by molar-refractivity contribution is 9.10. The second kappa shape index (κ2) is 4.06. The molecular formula is C14H16BrFO. The second-order valence-corrected chi connectivity index (χ2v) is 6.37. The van der Waals surface area contributed by atoms with Crippen LogP contribution < -0.4 is 0 Å². The van der Waals surface area contributed by atoms with Gasteiger partial charge in [0.2, 0.25) is 0 Å². The van der Waals surface area contributed by atoms with Crippen molar-refractivity contribution in [1.82, 2.24) is 0 Å². The highest BCUT2D eigenvalue weighted by Gasteiger charge is 2.49. The fourth-order valence-corrected chi connectivity index (χ4v) is 4.05. The average molecular weight is 299 g/mol. The van der Waals surface area contributed by atoms with Crippen molar-refractivity contribution in [2.75, 3.05) is 0 Å². The molecule has 0 saturated heterocycles. The minimum absolute atomic E-state index is 0.241. The van der Waals surface area contributed by atoms with Crippen LogP contribution in [0.5, 0.6) is 0 Å². The minimum atomic E-state index is -0.598. The van der Waals surface area contributed by atoms with Crippen molar-refractivity contribution in [2.45, 2.75) is 37.7 Å². The zero-order valence-electron chi connectivity index (χ0n) is 9.63. The summed E-state index contributed by atoms with van der Waals surface area (Å²) in [7, 11) is 0. The van der Waals surface area contributed by atoms with Crippen LogP contribution in [0.15, 0.2) is 22.7 Å². The molecule has 3 atom stereocenters. The van der Waals surface area contributed by atoms with Crippen LogP contribution in [0.2, 0.25) is 0 Å². The van der Waals surface area contributed by atoms with Gasteiger partial charge in [0.25, 0.3) is 0 Å². The average Bonchev–Trinajstić information content (AvgIpc) is 2.84. The number of hydrogen-bond donors (Lipinski definition) is 1. The van der Waals surface area contributed by atoms with Gasteiger partial charge >= 0.3 is 0 Å². The molecular weight excluding hydrogens is 283 g/mol. The van der Waals surface area contributed by atoms with Gasteiger partial charge in [-0.05, 0) is 65.1 Å². The second-order valence-electron chi connectivity index (χ2n) is 5.57. The lowest BCUT2D eigenvalue weighted by Gasteiger charge is -2.33. The first-order valence-electron chi connectivity index (χ1n) is 6.24. The molecule has 2 aliphatic carbocycles. The Kier molecular flexibility index (Phi) is 2.79. The summed E-state index contributed by atoms with van der Waals surface area (Å²) in [5.74, 6) is 0.870. The fraction of sp³-hybridized carbons (Fsp3) is 0.571. The van der Waals surface area contributed by atoms with Gasteiger partial charge in [0, 0.05) is 6.42 Å². The van der Waals surface area contributed by atoms with Gasteiger partial charge in [0.1, 0.15) is 5.82 Å². The van der Waals surface area contributed by atoms with E-state index in [1.807, 2.05) is 6.07 Å². The predicted octanol–water partition coefficient (Wildman–Crippen LogP) is 3.68. The minimum Gasteiger partial charge on any atom is -0.389 e. The molecule has 1 aromatic rings. The lowest BCUT2D eigenvalue weighted by Crippen LogP contribution is -2.37. The van der Waals surface area contributed by atoms with Crippen molar-refractivity contribution in [1.29, 1.82) is 0 Å². The van der Waals surface area contributed by atoms with E-state index in [1.54, 1.807) is 6.07 Å². The quantitative estimate of drug-likeness (QED) is 0.883. The Morgan fingerprint density at radius 3 is 2.88 bits per heavy atom. The first-order valence-corrected chi connectivity index (χ1v) is 7.03. The Morgan fingerprint density at radius 1 is 1.41 bits per heavy atom. The smallest absolute Gasteiger partial charge is 0.137 e. The third-order valence-corrected chi connectivity index (χ3v) is 5.36. The molecule has 0 heterocycles. The molecule has 0 radical (unpaired) electrons. The monoisotopic (exact) mass is 298 g/mol. The third kappa shape index (κ3) is 1.93. The molecule has 2 aliphatic rings. The standard InChI is InChI=1S/C14H16BrFO/c15-13-10(2-1-3-12(13)16)8-14(17)7-9-4-5-11(14)6-9/h1-3,9,11,17H,4-8H2. The number of halogens is 2. The van der Waals surface area contributed by atoms with E-state index >= 15 is 0 Å². The van der Waals surface area contributed by atoms with Crippen LogP contribution in [0.1, 0.15) is 31.2 Å². The maximum atomic E-state index is 13.4. The van der Waals surface area contributed by atoms with Crippen LogP contribution in [-0.4, -0.2) is 10.7 Å². The van der Waals surface area contributed by atoms with E-state index in [2.05, 4.69) is 15.9 Å². The SMILES string of the molecule is OC1(Cc2cccc(F)c2Br)CC2CCC1C2. The first kappa shape index (κ1) is 11.7. The molecule has 17 heavy (non-hydrogen) atoms. The van der Waals surface area contributed by atoms with Crippen LogP contribution in [0.4, 0.5) is 4.39 Å². The molecule has 3 rings (SSSR count). The molecule has 92 valence electrons. The third-order valence-electron chi connectivity index (χ3n) is 4.47. The number of hydrogen-bond acceptors (Lipinski definition) is 1. The van der Waals surface area contributed by atoms with Gasteiger partial charge in [-0.25, -0.2) is 4.39 Å². The van der Waals surface area contributed by atoms with Crippen molar-refractivity contribution < 1.29 is 9.50 Å². The predicted molar refractivity (Wildman–Crippen MR) is 68.2 cm³/mol. The maximum Gasteiger partial charge on any atom is 0.137 e. The van der Waals surface area contributed by atoms with Crippen LogP contribution in [0.25, 0.3) is 0 Å². The molecule has 0 spiro atoms. The Hall–Kier alpha value is -0.410. The van der Waals surface area contributed by atoms with E-state index < -0.39 is 5.60 Å². The van der Waals surface area contributed by atoms with Crippen LogP contribution in [-0.2, 0) is 6.42 Å². The van der Waals surface area contributed by atoms with Crippen LogP contribution in [0, 0.1) is 17.7 Å². The van der Waals surface area contributed by atoms with E-state index in [9.17, 15) is 9.50 Å². The largest absolute Gasteiger partial charge is 0.389 e. The van der Waals surface area contributed by atoms with E-state index in [4.69, 9.17) is 0 Å². The van der Waals surface area contributed by atoms with Crippen molar-refractivity contribution in [3.63, 3.8) is 0 Å². The molecule has 0 aliphatic heterocycles. The number of rotatable bonds is 2. The summed E-state index contributed by atoms with van der Waals surface area (Å²) in [5.41, 5.74) is 0.291. The molecule has 2 saturated carbocycles. The molecule has 2 fully saturated rings. The summed E-state index contributed by atoms with van der Waals surface area (Å²) in [5, 5.41) is 10.7. The van der Waals surface area contributed by atoms with Crippen molar-refractivity contribution in [3.8, 4) is 0 Å². The van der Waals surface area contributed by atoms with E-state index in [-0.39, 0.29) is 5.82 Å². The van der Waals surface area contributed by atoms with E-state index in [0.717, 1.165) is 24.8 Å². The van der Waals surface area contributed by atoms with Crippen LogP contribution >= 0.6 is 15.9 Å². The van der Waals surface area contributed by atoms with Gasteiger partial charge in [-0.2, -0.15) is 0 Å². The summed E-state index contributed by atoms with van der Waals surface area (Å²) in [4.78, 5) is 0. The lowest BCUT2D eigenvalue weighted by molar-refractivity contribution is -0.0126. The topological polar surface area (TPSA) is 20.2 Å². The van der Waals surface area contributed by atoms with Gasteiger partial charge < -0.3 is 5.11 Å². The molecule has 0 amide bonds. The van der Waals surface area contributed by atoms with Gasteiger partial charge in [0.05, 0.1) is 10.1 Å². The zero-order valence-corrected chi connectivity index (χ0v) is 11.2. The van der Waals surface area contributed by atoms with E-state index in [0.29, 0.717) is 22.7 Å².